The molecule has 24 heavy (non-hydrogen) atoms. The van der Waals surface area contributed by atoms with Gasteiger partial charge in [0.25, 0.3) is 11.6 Å². The van der Waals surface area contributed by atoms with Crippen molar-refractivity contribution in [3.63, 3.8) is 0 Å². The van der Waals surface area contributed by atoms with Gasteiger partial charge in [-0.1, -0.05) is 11.6 Å². The number of hydrogen-bond donors (Lipinski definition) is 3. The summed E-state index contributed by atoms with van der Waals surface area (Å²) in [4.78, 5) is 22.2. The Labute approximate surface area is 146 Å². The predicted molar refractivity (Wildman–Crippen MR) is 91.4 cm³/mol. The van der Waals surface area contributed by atoms with Crippen LogP contribution in [0.2, 0.25) is 5.02 Å². The van der Waals surface area contributed by atoms with Crippen LogP contribution in [0.15, 0.2) is 24.5 Å². The van der Waals surface area contributed by atoms with Crippen LogP contribution in [0.25, 0.3) is 0 Å². The highest BCUT2D eigenvalue weighted by atomic mass is 35.5. The van der Waals surface area contributed by atoms with Crippen molar-refractivity contribution in [3.8, 4) is 5.75 Å². The lowest BCUT2D eigenvalue weighted by molar-refractivity contribution is -0.384. The molecule has 0 fully saturated rings. The standard InChI is InChI=1S/C13H12ClN5O4S/c1-2-18-6-7(5-15-18)12(21)17-13(24)16-10-4-8(19(22)23)3-9(14)11(10)20/h3-6,20H,2H2,1H3,(H2,16,17,21,24). The second kappa shape index (κ2) is 7.23. The van der Waals surface area contributed by atoms with E-state index in [-0.39, 0.29) is 21.5 Å². The number of phenolic OH excluding ortho intramolecular Hbond substituents is 1. The summed E-state index contributed by atoms with van der Waals surface area (Å²) in [5, 5.41) is 29.1. The number of nitro groups is 1. The third-order valence-corrected chi connectivity index (χ3v) is 3.45. The summed E-state index contributed by atoms with van der Waals surface area (Å²) in [5.41, 5.74) is -0.135. The Balaban J connectivity index is 2.12. The van der Waals surface area contributed by atoms with Crippen LogP contribution in [0.3, 0.4) is 0 Å². The third-order valence-electron chi connectivity index (χ3n) is 2.95. The van der Waals surface area contributed by atoms with E-state index in [9.17, 15) is 20.0 Å². The summed E-state index contributed by atoms with van der Waals surface area (Å²) in [5.74, 6) is -0.930. The summed E-state index contributed by atoms with van der Waals surface area (Å²) in [6.45, 7) is 2.48. The van der Waals surface area contributed by atoms with E-state index in [1.165, 1.54) is 6.20 Å². The van der Waals surface area contributed by atoms with E-state index < -0.39 is 16.6 Å². The average Bonchev–Trinajstić information content (AvgIpc) is 3.00. The maximum absolute atomic E-state index is 12.0. The molecular weight excluding hydrogens is 358 g/mol. The number of carbonyl (C=O) groups excluding carboxylic acids is 1. The summed E-state index contributed by atoms with van der Waals surface area (Å²) in [7, 11) is 0. The minimum absolute atomic E-state index is 0.0937. The molecule has 2 rings (SSSR count). The van der Waals surface area contributed by atoms with Crippen LogP contribution in [0.5, 0.6) is 5.75 Å². The number of amides is 1. The maximum atomic E-state index is 12.0. The summed E-state index contributed by atoms with van der Waals surface area (Å²) >= 11 is 10.7. The lowest BCUT2D eigenvalue weighted by Gasteiger charge is -2.11. The molecule has 1 aromatic carbocycles. The Morgan fingerprint density at radius 2 is 2.25 bits per heavy atom. The van der Waals surface area contributed by atoms with Crippen LogP contribution in [0, 0.1) is 10.1 Å². The zero-order valence-electron chi connectivity index (χ0n) is 12.3. The first kappa shape index (κ1) is 17.6. The third kappa shape index (κ3) is 3.97. The topological polar surface area (TPSA) is 122 Å². The lowest BCUT2D eigenvalue weighted by Crippen LogP contribution is -2.34. The highest BCUT2D eigenvalue weighted by molar-refractivity contribution is 7.80. The summed E-state index contributed by atoms with van der Waals surface area (Å²) < 4.78 is 1.57. The number of nitrogens with one attached hydrogen (secondary N) is 2. The van der Waals surface area contributed by atoms with E-state index in [2.05, 4.69) is 15.7 Å². The Morgan fingerprint density at radius 3 is 2.83 bits per heavy atom. The van der Waals surface area contributed by atoms with Crippen molar-refractivity contribution in [1.82, 2.24) is 15.1 Å². The van der Waals surface area contributed by atoms with Crippen LogP contribution in [-0.4, -0.2) is 30.8 Å². The number of carbonyl (C=O) groups is 1. The number of nitro benzene ring substituents is 1. The number of aromatic nitrogens is 2. The van der Waals surface area contributed by atoms with Gasteiger partial charge in [-0.3, -0.25) is 24.9 Å². The maximum Gasteiger partial charge on any atom is 0.273 e. The molecule has 2 aromatic rings. The van der Waals surface area contributed by atoms with Crippen molar-refractivity contribution < 1.29 is 14.8 Å². The zero-order valence-corrected chi connectivity index (χ0v) is 13.9. The number of aryl methyl sites for hydroxylation is 1. The van der Waals surface area contributed by atoms with Crippen molar-refractivity contribution in [2.75, 3.05) is 5.32 Å². The van der Waals surface area contributed by atoms with Crippen LogP contribution in [-0.2, 0) is 6.54 Å². The van der Waals surface area contributed by atoms with Crippen molar-refractivity contribution in [3.05, 3.63) is 45.2 Å². The summed E-state index contributed by atoms with van der Waals surface area (Å²) in [6.07, 6.45) is 2.92. The highest BCUT2D eigenvalue weighted by Crippen LogP contribution is 2.35. The van der Waals surface area contributed by atoms with Crippen LogP contribution in [0.1, 0.15) is 17.3 Å². The molecule has 1 aromatic heterocycles. The Kier molecular flexibility index (Phi) is 5.31. The fourth-order valence-corrected chi connectivity index (χ4v) is 2.18. The molecule has 0 spiro atoms. The number of thiocarbonyl (C=S) groups is 1. The van der Waals surface area contributed by atoms with E-state index in [4.69, 9.17) is 23.8 Å². The summed E-state index contributed by atoms with van der Waals surface area (Å²) in [6, 6.07) is 2.05. The molecule has 0 atom stereocenters. The quantitative estimate of drug-likeness (QED) is 0.327. The smallest absolute Gasteiger partial charge is 0.273 e. The van der Waals surface area contributed by atoms with Gasteiger partial charge in [0.1, 0.15) is 0 Å². The van der Waals surface area contributed by atoms with Crippen molar-refractivity contribution in [1.29, 1.82) is 0 Å². The first-order chi connectivity index (χ1) is 11.3. The van der Waals surface area contributed by atoms with E-state index in [0.717, 1.165) is 12.1 Å². The molecule has 3 N–H and O–H groups in total. The monoisotopic (exact) mass is 369 g/mol. The Morgan fingerprint density at radius 1 is 1.54 bits per heavy atom. The van der Waals surface area contributed by atoms with Crippen molar-refractivity contribution in [2.45, 2.75) is 13.5 Å². The molecule has 0 aliphatic rings. The van der Waals surface area contributed by atoms with Gasteiger partial charge in [-0.25, -0.2) is 0 Å². The molecular formula is C13H12ClN5O4S. The van der Waals surface area contributed by atoms with Gasteiger partial charge in [-0.15, -0.1) is 0 Å². The molecule has 0 aliphatic heterocycles. The normalized spacial score (nSPS) is 10.2. The second-order valence-corrected chi connectivity index (χ2v) is 5.39. The van der Waals surface area contributed by atoms with Gasteiger partial charge in [-0.2, -0.15) is 5.10 Å². The minimum atomic E-state index is -0.669. The van der Waals surface area contributed by atoms with E-state index in [0.29, 0.717) is 12.1 Å². The Hall–Kier alpha value is -2.72. The van der Waals surface area contributed by atoms with Gasteiger partial charge in [0, 0.05) is 24.9 Å². The first-order valence-corrected chi connectivity index (χ1v) is 7.42. The molecule has 1 amide bonds. The number of rotatable bonds is 4. The van der Waals surface area contributed by atoms with Gasteiger partial charge in [0.2, 0.25) is 0 Å². The van der Waals surface area contributed by atoms with E-state index in [1.807, 2.05) is 6.92 Å². The SMILES string of the molecule is CCn1cc(C(=O)NC(=S)Nc2cc([N+](=O)[O-])cc(Cl)c2O)cn1. The zero-order chi connectivity index (χ0) is 17.9. The number of nitrogens with zero attached hydrogens (tertiary/aromatic N) is 3. The number of anilines is 1. The number of phenols is 1. The predicted octanol–water partition coefficient (Wildman–Crippen LogP) is 2.30. The molecule has 1 heterocycles. The molecule has 9 nitrogen and oxygen atoms in total. The molecule has 0 radical (unpaired) electrons. The molecule has 0 saturated carbocycles. The number of non-ortho nitro benzene ring substituents is 1. The van der Waals surface area contributed by atoms with Gasteiger partial charge in [0.05, 0.1) is 27.4 Å². The van der Waals surface area contributed by atoms with Crippen molar-refractivity contribution >= 4 is 46.2 Å². The van der Waals surface area contributed by atoms with Crippen LogP contribution >= 0.6 is 23.8 Å². The molecule has 0 saturated heterocycles. The molecule has 11 heteroatoms. The fraction of sp³-hybridized carbons (Fsp3) is 0.154. The van der Waals surface area contributed by atoms with Crippen molar-refractivity contribution in [2.24, 2.45) is 0 Å². The minimum Gasteiger partial charge on any atom is -0.504 e. The molecule has 0 bridgehead atoms. The molecule has 0 aliphatic carbocycles. The van der Waals surface area contributed by atoms with E-state index >= 15 is 0 Å². The highest BCUT2D eigenvalue weighted by Gasteiger charge is 2.17. The van der Waals surface area contributed by atoms with Crippen LogP contribution in [0.4, 0.5) is 11.4 Å². The van der Waals surface area contributed by atoms with Gasteiger partial charge in [-0.05, 0) is 19.1 Å². The number of hydrogen-bond acceptors (Lipinski definition) is 6. The first-order valence-electron chi connectivity index (χ1n) is 6.63. The lowest BCUT2D eigenvalue weighted by atomic mass is 10.2. The second-order valence-electron chi connectivity index (χ2n) is 4.57. The molecule has 0 unspecified atom stereocenters. The van der Waals surface area contributed by atoms with Gasteiger partial charge >= 0.3 is 0 Å². The van der Waals surface area contributed by atoms with E-state index in [1.54, 1.807) is 10.9 Å². The van der Waals surface area contributed by atoms with Crippen LogP contribution < -0.4 is 10.6 Å². The van der Waals surface area contributed by atoms with Gasteiger partial charge < -0.3 is 10.4 Å². The number of halogens is 1. The largest absolute Gasteiger partial charge is 0.504 e. The molecule has 126 valence electrons. The van der Waals surface area contributed by atoms with Gasteiger partial charge in [0.15, 0.2) is 10.9 Å². The fourth-order valence-electron chi connectivity index (χ4n) is 1.77. The Bertz CT molecular complexity index is 823. The average molecular weight is 370 g/mol. The number of aromatic hydroxyl groups is 1. The number of benzene rings is 1.